The quantitative estimate of drug-likeness (QED) is 0.465. The van der Waals surface area contributed by atoms with Gasteiger partial charge < -0.3 is 5.11 Å². The Balaban J connectivity index is 1.53. The molecule has 0 aromatic rings. The lowest BCUT2D eigenvalue weighted by atomic mass is 9.49. The highest BCUT2D eigenvalue weighted by Gasteiger charge is 2.56. The van der Waals surface area contributed by atoms with Gasteiger partial charge in [-0.05, 0) is 105 Å². The molecule has 2 unspecified atom stereocenters. The van der Waals surface area contributed by atoms with Gasteiger partial charge in [-0.15, -0.1) is 0 Å². The average Bonchev–Trinajstić information content (AvgIpc) is 2.99. The van der Waals surface area contributed by atoms with Gasteiger partial charge in [-0.1, -0.05) is 65.0 Å². The van der Waals surface area contributed by atoms with Crippen molar-refractivity contribution in [3.8, 4) is 0 Å². The van der Waals surface area contributed by atoms with Crippen molar-refractivity contribution < 1.29 is 5.11 Å². The minimum Gasteiger partial charge on any atom is -0.390 e. The van der Waals surface area contributed by atoms with Gasteiger partial charge in [-0.25, -0.2) is 0 Å². The molecule has 0 aromatic carbocycles. The van der Waals surface area contributed by atoms with E-state index in [0.717, 1.165) is 36.5 Å². The van der Waals surface area contributed by atoms with Crippen LogP contribution in [-0.2, 0) is 0 Å². The molecule has 0 bridgehead atoms. The Bertz CT molecular complexity index is 643. The number of aliphatic hydroxyl groups is 1. The normalized spacial score (nSPS) is 45.7. The first-order valence-corrected chi connectivity index (χ1v) is 13.0. The molecule has 4 rings (SSSR count). The molecule has 1 nitrogen and oxygen atoms in total. The van der Waals surface area contributed by atoms with E-state index in [1.165, 1.54) is 64.2 Å². The van der Waals surface area contributed by atoms with E-state index >= 15 is 0 Å². The third-order valence-corrected chi connectivity index (χ3v) is 10.5. The number of rotatable bonds is 5. The second-order valence-electron chi connectivity index (χ2n) is 12.9. The van der Waals surface area contributed by atoms with Gasteiger partial charge in [-0.3, -0.25) is 0 Å². The zero-order valence-electron chi connectivity index (χ0n) is 20.3. The van der Waals surface area contributed by atoms with E-state index < -0.39 is 5.60 Å². The molecule has 4 aliphatic rings. The summed E-state index contributed by atoms with van der Waals surface area (Å²) in [5.41, 5.74) is 4.31. The third-order valence-electron chi connectivity index (χ3n) is 10.5. The van der Waals surface area contributed by atoms with E-state index in [2.05, 4.69) is 41.5 Å². The van der Waals surface area contributed by atoms with Crippen molar-refractivity contribution in [1.29, 1.82) is 0 Å². The van der Waals surface area contributed by atoms with Crippen LogP contribution in [0, 0.1) is 40.4 Å². The molecule has 0 aromatic heterocycles. The topological polar surface area (TPSA) is 20.2 Å². The largest absolute Gasteiger partial charge is 0.390 e. The molecule has 2 saturated carbocycles. The van der Waals surface area contributed by atoms with Crippen LogP contribution in [0.25, 0.3) is 0 Å². The Hall–Kier alpha value is -0.300. The summed E-state index contributed by atoms with van der Waals surface area (Å²) in [7, 11) is 0. The summed E-state index contributed by atoms with van der Waals surface area (Å²) >= 11 is 0. The SMILES string of the molecule is CC(C)CCC[C@@H](C)[C@H]1CC[C@H]2C3=C(CC[C@]12C)[C@@]1(C)CCC(C)(O)CC1CC3. The Morgan fingerprint density at radius 2 is 1.69 bits per heavy atom. The molecule has 1 N–H and O–H groups in total. The highest BCUT2D eigenvalue weighted by molar-refractivity contribution is 5.34. The van der Waals surface area contributed by atoms with Gasteiger partial charge in [-0.2, -0.15) is 0 Å². The lowest BCUT2D eigenvalue weighted by molar-refractivity contribution is -0.0505. The lowest BCUT2D eigenvalue weighted by Gasteiger charge is -2.56. The number of hydrogen-bond acceptors (Lipinski definition) is 1. The summed E-state index contributed by atoms with van der Waals surface area (Å²) in [5.74, 6) is 4.25. The zero-order chi connectivity index (χ0) is 21.0. The summed E-state index contributed by atoms with van der Waals surface area (Å²) in [6.45, 7) is 14.6. The van der Waals surface area contributed by atoms with Crippen LogP contribution in [0.3, 0.4) is 0 Å². The van der Waals surface area contributed by atoms with Gasteiger partial charge in [0.1, 0.15) is 0 Å². The first-order chi connectivity index (χ1) is 13.6. The van der Waals surface area contributed by atoms with Crippen LogP contribution in [0.4, 0.5) is 0 Å². The van der Waals surface area contributed by atoms with E-state index in [9.17, 15) is 5.11 Å². The maximum atomic E-state index is 10.7. The molecule has 2 fully saturated rings. The molecule has 29 heavy (non-hydrogen) atoms. The summed E-state index contributed by atoms with van der Waals surface area (Å²) in [5, 5.41) is 10.7. The lowest BCUT2D eigenvalue weighted by Crippen LogP contribution is -2.48. The third kappa shape index (κ3) is 3.77. The molecule has 166 valence electrons. The van der Waals surface area contributed by atoms with Crippen LogP contribution in [0.15, 0.2) is 11.1 Å². The molecule has 0 radical (unpaired) electrons. The second-order valence-corrected chi connectivity index (χ2v) is 12.9. The van der Waals surface area contributed by atoms with Crippen LogP contribution >= 0.6 is 0 Å². The van der Waals surface area contributed by atoms with E-state index in [-0.39, 0.29) is 0 Å². The molecule has 0 saturated heterocycles. The van der Waals surface area contributed by atoms with Gasteiger partial charge in [0.05, 0.1) is 5.60 Å². The summed E-state index contributed by atoms with van der Waals surface area (Å²) in [4.78, 5) is 0. The van der Waals surface area contributed by atoms with Crippen molar-refractivity contribution in [2.75, 3.05) is 0 Å². The fourth-order valence-corrected chi connectivity index (χ4v) is 8.66. The molecule has 7 atom stereocenters. The highest BCUT2D eigenvalue weighted by atomic mass is 16.3. The number of hydrogen-bond donors (Lipinski definition) is 1. The van der Waals surface area contributed by atoms with E-state index in [0.29, 0.717) is 16.7 Å². The van der Waals surface area contributed by atoms with Crippen molar-refractivity contribution in [3.63, 3.8) is 0 Å². The summed E-state index contributed by atoms with van der Waals surface area (Å²) in [6.07, 6.45) is 15.8. The van der Waals surface area contributed by atoms with Crippen LogP contribution < -0.4 is 0 Å². The number of allylic oxidation sites excluding steroid dienone is 2. The predicted molar refractivity (Wildman–Crippen MR) is 124 cm³/mol. The van der Waals surface area contributed by atoms with Gasteiger partial charge in [0.15, 0.2) is 0 Å². The Labute approximate surface area is 181 Å². The molecule has 0 amide bonds. The summed E-state index contributed by atoms with van der Waals surface area (Å²) in [6, 6.07) is 0. The van der Waals surface area contributed by atoms with Crippen molar-refractivity contribution in [3.05, 3.63) is 11.1 Å². The van der Waals surface area contributed by atoms with Gasteiger partial charge in [0.25, 0.3) is 0 Å². The predicted octanol–water partition coefficient (Wildman–Crippen LogP) is 7.92. The Morgan fingerprint density at radius 1 is 0.931 bits per heavy atom. The van der Waals surface area contributed by atoms with Crippen LogP contribution in [0.5, 0.6) is 0 Å². The zero-order valence-corrected chi connectivity index (χ0v) is 20.3. The van der Waals surface area contributed by atoms with E-state index in [4.69, 9.17) is 0 Å². The number of fused-ring (bicyclic) bond motifs is 4. The van der Waals surface area contributed by atoms with E-state index in [1.54, 1.807) is 0 Å². The Kier molecular flexibility index (Phi) is 5.81. The average molecular weight is 401 g/mol. The van der Waals surface area contributed by atoms with E-state index in [1.807, 2.05) is 11.1 Å². The maximum absolute atomic E-state index is 10.7. The molecule has 0 heterocycles. The molecule has 4 aliphatic carbocycles. The van der Waals surface area contributed by atoms with Crippen LogP contribution in [0.1, 0.15) is 119 Å². The molecular weight excluding hydrogens is 352 g/mol. The summed E-state index contributed by atoms with van der Waals surface area (Å²) < 4.78 is 0. The first-order valence-electron chi connectivity index (χ1n) is 13.0. The highest BCUT2D eigenvalue weighted by Crippen LogP contribution is 2.66. The van der Waals surface area contributed by atoms with Crippen molar-refractivity contribution in [2.24, 2.45) is 40.4 Å². The van der Waals surface area contributed by atoms with Gasteiger partial charge in [0.2, 0.25) is 0 Å². The monoisotopic (exact) mass is 400 g/mol. The maximum Gasteiger partial charge on any atom is 0.0623 e. The smallest absolute Gasteiger partial charge is 0.0623 e. The first kappa shape index (κ1) is 21.9. The standard InChI is InChI=1S/C28H48O/c1-19(2)8-7-9-20(3)23-12-13-24-22-11-10-21-18-26(4,29)16-17-27(21,5)25(22)14-15-28(23,24)6/h19-21,23-24,29H,7-18H2,1-6H3/t20-,21?,23-,24+,26?,27+,28-/m1/s1. The van der Waals surface area contributed by atoms with Crippen molar-refractivity contribution >= 4 is 0 Å². The molecule has 0 aliphatic heterocycles. The minimum atomic E-state index is -0.421. The minimum absolute atomic E-state index is 0.387. The fourth-order valence-electron chi connectivity index (χ4n) is 8.66. The van der Waals surface area contributed by atoms with Crippen molar-refractivity contribution in [2.45, 2.75) is 124 Å². The van der Waals surface area contributed by atoms with Gasteiger partial charge >= 0.3 is 0 Å². The molecule has 0 spiro atoms. The van der Waals surface area contributed by atoms with Gasteiger partial charge in [0, 0.05) is 0 Å². The van der Waals surface area contributed by atoms with Crippen LogP contribution in [0.2, 0.25) is 0 Å². The second kappa shape index (κ2) is 7.68. The molecule has 1 heteroatoms. The fraction of sp³-hybridized carbons (Fsp3) is 0.929. The van der Waals surface area contributed by atoms with Crippen molar-refractivity contribution in [1.82, 2.24) is 0 Å². The van der Waals surface area contributed by atoms with Crippen LogP contribution in [-0.4, -0.2) is 10.7 Å². The Morgan fingerprint density at radius 3 is 2.41 bits per heavy atom. The molecular formula is C28H48O.